The summed E-state index contributed by atoms with van der Waals surface area (Å²) in [5.41, 5.74) is 0. The molecule has 1 aliphatic heterocycles. The molecule has 72 valence electrons. The molecule has 1 heterocycles. The maximum atomic E-state index is 3.69. The van der Waals surface area contributed by atoms with Crippen molar-refractivity contribution in [3.63, 3.8) is 0 Å². The first-order valence-electron chi connectivity index (χ1n) is 4.98. The maximum Gasteiger partial charge on any atom is 0.0691 e. The zero-order valence-electron chi connectivity index (χ0n) is 8.68. The largest absolute Gasteiger partial charge is 0.302 e. The Morgan fingerprint density at radius 3 is 2.00 bits per heavy atom. The van der Waals surface area contributed by atoms with Crippen molar-refractivity contribution in [1.29, 1.82) is 0 Å². The molecule has 0 aromatic carbocycles. The molecular formula is C10H21NS. The minimum atomic E-state index is 0.345. The number of thioether (sulfide) groups is 1. The van der Waals surface area contributed by atoms with Gasteiger partial charge in [-0.05, 0) is 30.6 Å². The third-order valence-corrected chi connectivity index (χ3v) is 4.84. The summed E-state index contributed by atoms with van der Waals surface area (Å²) >= 11 is 2.12. The lowest BCUT2D eigenvalue weighted by molar-refractivity contribution is 0.268. The van der Waals surface area contributed by atoms with E-state index in [0.29, 0.717) is 4.87 Å². The van der Waals surface area contributed by atoms with Gasteiger partial charge in [0.25, 0.3) is 0 Å². The second-order valence-corrected chi connectivity index (χ2v) is 5.60. The lowest BCUT2D eigenvalue weighted by atomic mass is 9.92. The quantitative estimate of drug-likeness (QED) is 0.713. The van der Waals surface area contributed by atoms with E-state index < -0.39 is 0 Å². The summed E-state index contributed by atoms with van der Waals surface area (Å²) in [5, 5.41) is 3.69. The Kier molecular flexibility index (Phi) is 3.47. The third-order valence-electron chi connectivity index (χ3n) is 2.78. The molecule has 0 aromatic rings. The van der Waals surface area contributed by atoms with E-state index in [4.69, 9.17) is 0 Å². The van der Waals surface area contributed by atoms with Crippen molar-refractivity contribution >= 4 is 11.8 Å². The first kappa shape index (κ1) is 10.4. The van der Waals surface area contributed by atoms with Crippen LogP contribution >= 0.6 is 11.8 Å². The van der Waals surface area contributed by atoms with Crippen LogP contribution in [0.4, 0.5) is 0 Å². The first-order valence-corrected chi connectivity index (χ1v) is 5.97. The van der Waals surface area contributed by atoms with E-state index in [2.05, 4.69) is 44.8 Å². The van der Waals surface area contributed by atoms with Crippen LogP contribution in [0.2, 0.25) is 0 Å². The summed E-state index contributed by atoms with van der Waals surface area (Å²) in [6, 6.07) is 0. The Hall–Kier alpha value is 0.310. The Morgan fingerprint density at radius 1 is 1.17 bits per heavy atom. The predicted octanol–water partition coefficient (Wildman–Crippen LogP) is 2.72. The first-order chi connectivity index (χ1) is 5.59. The Bertz CT molecular complexity index is 127. The maximum absolute atomic E-state index is 3.69. The van der Waals surface area contributed by atoms with Crippen LogP contribution in [0.15, 0.2) is 0 Å². The fourth-order valence-corrected chi connectivity index (χ4v) is 3.55. The molecule has 1 N–H and O–H groups in total. The van der Waals surface area contributed by atoms with Crippen molar-refractivity contribution in [3.05, 3.63) is 0 Å². The van der Waals surface area contributed by atoms with E-state index in [0.717, 1.165) is 11.8 Å². The Balaban J connectivity index is 2.70. The normalized spacial score (nSPS) is 23.5. The number of rotatable bonds is 2. The number of nitrogens with one attached hydrogen (secondary N) is 1. The van der Waals surface area contributed by atoms with Crippen LogP contribution in [0.1, 0.15) is 34.1 Å². The SMILES string of the molecule is CC(C)C1(C(C)C)NCCCS1. The standard InChI is InChI=1S/C10H21NS/c1-8(2)10(9(3)4)11-6-5-7-12-10/h8-9,11H,5-7H2,1-4H3. The lowest BCUT2D eigenvalue weighted by Crippen LogP contribution is -2.53. The van der Waals surface area contributed by atoms with Gasteiger partial charge < -0.3 is 5.32 Å². The van der Waals surface area contributed by atoms with Crippen LogP contribution in [-0.4, -0.2) is 17.2 Å². The van der Waals surface area contributed by atoms with E-state index in [1.165, 1.54) is 18.7 Å². The van der Waals surface area contributed by atoms with Crippen LogP contribution < -0.4 is 5.32 Å². The number of hydrogen-bond acceptors (Lipinski definition) is 2. The fourth-order valence-electron chi connectivity index (χ4n) is 2.06. The van der Waals surface area contributed by atoms with Crippen molar-refractivity contribution < 1.29 is 0 Å². The topological polar surface area (TPSA) is 12.0 Å². The second kappa shape index (κ2) is 4.01. The van der Waals surface area contributed by atoms with Gasteiger partial charge in [-0.2, -0.15) is 0 Å². The van der Waals surface area contributed by atoms with Gasteiger partial charge >= 0.3 is 0 Å². The molecule has 0 aliphatic carbocycles. The summed E-state index contributed by atoms with van der Waals surface area (Å²) in [6.45, 7) is 10.5. The molecule has 1 nitrogen and oxygen atoms in total. The van der Waals surface area contributed by atoms with E-state index >= 15 is 0 Å². The predicted molar refractivity (Wildman–Crippen MR) is 57.5 cm³/mol. The van der Waals surface area contributed by atoms with Gasteiger partial charge in [-0.25, -0.2) is 0 Å². The van der Waals surface area contributed by atoms with Crippen LogP contribution in [0, 0.1) is 11.8 Å². The molecule has 1 saturated heterocycles. The summed E-state index contributed by atoms with van der Waals surface area (Å²) in [7, 11) is 0. The molecule has 1 fully saturated rings. The van der Waals surface area contributed by atoms with Crippen molar-refractivity contribution in [3.8, 4) is 0 Å². The average Bonchev–Trinajstić information content (AvgIpc) is 2.05. The summed E-state index contributed by atoms with van der Waals surface area (Å²) in [4.78, 5) is 0.345. The minimum Gasteiger partial charge on any atom is -0.302 e. The van der Waals surface area contributed by atoms with Gasteiger partial charge in [0.2, 0.25) is 0 Å². The Morgan fingerprint density at radius 2 is 1.75 bits per heavy atom. The van der Waals surface area contributed by atoms with Crippen molar-refractivity contribution in [2.45, 2.75) is 39.0 Å². The molecule has 0 aromatic heterocycles. The molecule has 0 atom stereocenters. The monoisotopic (exact) mass is 187 g/mol. The molecule has 0 amide bonds. The highest BCUT2D eigenvalue weighted by Gasteiger charge is 2.38. The van der Waals surface area contributed by atoms with Gasteiger partial charge in [-0.15, -0.1) is 11.8 Å². The van der Waals surface area contributed by atoms with Crippen LogP contribution in [0.25, 0.3) is 0 Å². The molecule has 1 rings (SSSR count). The van der Waals surface area contributed by atoms with Crippen LogP contribution in [0.5, 0.6) is 0 Å². The summed E-state index contributed by atoms with van der Waals surface area (Å²) in [6.07, 6.45) is 1.33. The summed E-state index contributed by atoms with van der Waals surface area (Å²) < 4.78 is 0. The van der Waals surface area contributed by atoms with Gasteiger partial charge in [0, 0.05) is 0 Å². The van der Waals surface area contributed by atoms with E-state index in [9.17, 15) is 0 Å². The molecule has 0 unspecified atom stereocenters. The molecule has 12 heavy (non-hydrogen) atoms. The Labute approximate surface area is 80.7 Å². The average molecular weight is 187 g/mol. The van der Waals surface area contributed by atoms with Crippen LogP contribution in [0.3, 0.4) is 0 Å². The van der Waals surface area contributed by atoms with E-state index in [1.54, 1.807) is 0 Å². The fraction of sp³-hybridized carbons (Fsp3) is 1.00. The minimum absolute atomic E-state index is 0.345. The molecule has 2 heteroatoms. The van der Waals surface area contributed by atoms with E-state index in [1.807, 2.05) is 0 Å². The summed E-state index contributed by atoms with van der Waals surface area (Å²) in [5.74, 6) is 2.77. The van der Waals surface area contributed by atoms with Crippen molar-refractivity contribution in [1.82, 2.24) is 5.32 Å². The van der Waals surface area contributed by atoms with Gasteiger partial charge in [0.15, 0.2) is 0 Å². The highest BCUT2D eigenvalue weighted by atomic mass is 32.2. The van der Waals surface area contributed by atoms with Crippen molar-refractivity contribution in [2.24, 2.45) is 11.8 Å². The molecule has 0 spiro atoms. The third kappa shape index (κ3) is 1.80. The highest BCUT2D eigenvalue weighted by molar-refractivity contribution is 8.00. The highest BCUT2D eigenvalue weighted by Crippen LogP contribution is 2.39. The molecule has 0 bridgehead atoms. The molecule has 0 radical (unpaired) electrons. The van der Waals surface area contributed by atoms with Crippen LogP contribution in [-0.2, 0) is 0 Å². The van der Waals surface area contributed by atoms with Crippen molar-refractivity contribution in [2.75, 3.05) is 12.3 Å². The second-order valence-electron chi connectivity index (χ2n) is 4.23. The zero-order chi connectivity index (χ0) is 9.19. The van der Waals surface area contributed by atoms with Gasteiger partial charge in [-0.3, -0.25) is 0 Å². The smallest absolute Gasteiger partial charge is 0.0691 e. The van der Waals surface area contributed by atoms with E-state index in [-0.39, 0.29) is 0 Å². The lowest BCUT2D eigenvalue weighted by Gasteiger charge is -2.44. The molecular weight excluding hydrogens is 166 g/mol. The zero-order valence-corrected chi connectivity index (χ0v) is 9.50. The molecule has 0 saturated carbocycles. The van der Waals surface area contributed by atoms with Gasteiger partial charge in [-0.1, -0.05) is 27.7 Å². The number of hydrogen-bond donors (Lipinski definition) is 1. The molecule has 1 aliphatic rings. The van der Waals surface area contributed by atoms with Gasteiger partial charge in [0.1, 0.15) is 0 Å². The van der Waals surface area contributed by atoms with Gasteiger partial charge in [0.05, 0.1) is 4.87 Å².